The van der Waals surface area contributed by atoms with Crippen molar-refractivity contribution in [3.8, 4) is 22.6 Å². The number of benzene rings is 1. The minimum atomic E-state index is 0.469. The van der Waals surface area contributed by atoms with Crippen LogP contribution in [0.5, 0.6) is 0 Å². The van der Waals surface area contributed by atoms with Crippen LogP contribution in [-0.4, -0.2) is 19.7 Å². The molecule has 0 saturated carbocycles. The number of anilines is 1. The second-order valence-corrected chi connectivity index (χ2v) is 5.15. The van der Waals surface area contributed by atoms with Crippen LogP contribution in [0, 0.1) is 0 Å². The topological polar surface area (TPSA) is 72.5 Å². The zero-order chi connectivity index (χ0) is 13.4. The Kier molecular flexibility index (Phi) is 2.87. The van der Waals surface area contributed by atoms with Gasteiger partial charge in [0.15, 0.2) is 11.6 Å². The molecule has 5 nitrogen and oxygen atoms in total. The van der Waals surface area contributed by atoms with E-state index >= 15 is 0 Å². The molecule has 19 heavy (non-hydrogen) atoms. The lowest BCUT2D eigenvalue weighted by Crippen LogP contribution is -1.94. The van der Waals surface area contributed by atoms with E-state index in [2.05, 4.69) is 31.1 Å². The lowest BCUT2D eigenvalue weighted by molar-refractivity contribution is 0.914. The van der Waals surface area contributed by atoms with E-state index in [9.17, 15) is 0 Å². The summed E-state index contributed by atoms with van der Waals surface area (Å²) in [5.41, 5.74) is 8.68. The molecule has 0 amide bonds. The quantitative estimate of drug-likeness (QED) is 0.763. The van der Waals surface area contributed by atoms with Gasteiger partial charge in [-0.3, -0.25) is 5.10 Å². The third-order valence-corrected chi connectivity index (χ3v) is 3.45. The molecular formula is C13H12BrN5. The van der Waals surface area contributed by atoms with E-state index in [-0.39, 0.29) is 0 Å². The average Bonchev–Trinajstić information content (AvgIpc) is 2.95. The number of halogens is 1. The third-order valence-electron chi connectivity index (χ3n) is 2.95. The molecule has 96 valence electrons. The maximum absolute atomic E-state index is 5.98. The van der Waals surface area contributed by atoms with Gasteiger partial charge in [0.1, 0.15) is 5.69 Å². The molecule has 0 radical (unpaired) electrons. The fourth-order valence-electron chi connectivity index (χ4n) is 2.06. The zero-order valence-electron chi connectivity index (χ0n) is 10.3. The van der Waals surface area contributed by atoms with E-state index in [1.54, 1.807) is 6.20 Å². The predicted molar refractivity (Wildman–Crippen MR) is 78.3 cm³/mol. The normalized spacial score (nSPS) is 10.8. The average molecular weight is 318 g/mol. The van der Waals surface area contributed by atoms with Crippen LogP contribution in [0.15, 0.2) is 41.1 Å². The predicted octanol–water partition coefficient (Wildman–Crippen LogP) is 2.82. The van der Waals surface area contributed by atoms with Crippen LogP contribution in [0.4, 0.5) is 5.82 Å². The molecule has 2 aromatic heterocycles. The second-order valence-electron chi connectivity index (χ2n) is 4.23. The number of hydrogen-bond donors (Lipinski definition) is 2. The first-order chi connectivity index (χ1) is 9.16. The van der Waals surface area contributed by atoms with Crippen LogP contribution in [0.3, 0.4) is 0 Å². The molecule has 0 fully saturated rings. The van der Waals surface area contributed by atoms with Gasteiger partial charge in [-0.05, 0) is 17.7 Å². The van der Waals surface area contributed by atoms with Gasteiger partial charge in [0, 0.05) is 23.9 Å². The summed E-state index contributed by atoms with van der Waals surface area (Å²) in [5.74, 6) is 1.27. The number of aromatic nitrogens is 4. The van der Waals surface area contributed by atoms with Gasteiger partial charge in [0.05, 0.1) is 5.56 Å². The van der Waals surface area contributed by atoms with E-state index in [1.807, 2.05) is 42.1 Å². The lowest BCUT2D eigenvalue weighted by atomic mass is 10.1. The summed E-state index contributed by atoms with van der Waals surface area (Å²) in [4.78, 5) is 4.33. The summed E-state index contributed by atoms with van der Waals surface area (Å²) < 4.78 is 2.92. The zero-order valence-corrected chi connectivity index (χ0v) is 11.8. The van der Waals surface area contributed by atoms with Gasteiger partial charge in [0.25, 0.3) is 0 Å². The molecule has 0 unspecified atom stereocenters. The molecule has 6 heteroatoms. The van der Waals surface area contributed by atoms with Crippen LogP contribution in [-0.2, 0) is 7.05 Å². The number of nitrogens with one attached hydrogen (secondary N) is 1. The number of imidazole rings is 1. The molecule has 0 spiro atoms. The molecule has 3 N–H and O–H groups in total. The molecule has 3 rings (SSSR count). The van der Waals surface area contributed by atoms with Crippen molar-refractivity contribution >= 4 is 21.7 Å². The SMILES string of the molecule is Cn1ccnc1-c1[nH]nc(N)c1-c1cccc(Br)c1. The maximum atomic E-state index is 5.98. The smallest absolute Gasteiger partial charge is 0.158 e. The number of aryl methyl sites for hydroxylation is 1. The van der Waals surface area contributed by atoms with Gasteiger partial charge < -0.3 is 10.3 Å². The minimum absolute atomic E-state index is 0.469. The number of nitrogen functional groups attached to an aromatic ring is 1. The maximum Gasteiger partial charge on any atom is 0.158 e. The molecule has 0 atom stereocenters. The molecule has 0 aliphatic rings. The van der Waals surface area contributed by atoms with E-state index < -0.39 is 0 Å². The molecule has 0 bridgehead atoms. The van der Waals surface area contributed by atoms with E-state index in [4.69, 9.17) is 5.73 Å². The van der Waals surface area contributed by atoms with Crippen LogP contribution in [0.25, 0.3) is 22.6 Å². The summed E-state index contributed by atoms with van der Waals surface area (Å²) in [6.45, 7) is 0. The largest absolute Gasteiger partial charge is 0.382 e. The van der Waals surface area contributed by atoms with Crippen molar-refractivity contribution in [1.29, 1.82) is 0 Å². The number of nitrogens with zero attached hydrogens (tertiary/aromatic N) is 3. The molecule has 1 aromatic carbocycles. The first-order valence-corrected chi connectivity index (χ1v) is 6.53. The summed E-state index contributed by atoms with van der Waals surface area (Å²) in [6, 6.07) is 7.94. The lowest BCUT2D eigenvalue weighted by Gasteiger charge is -2.05. The van der Waals surface area contributed by atoms with Gasteiger partial charge in [0.2, 0.25) is 0 Å². The van der Waals surface area contributed by atoms with Gasteiger partial charge >= 0.3 is 0 Å². The number of hydrogen-bond acceptors (Lipinski definition) is 3. The highest BCUT2D eigenvalue weighted by molar-refractivity contribution is 9.10. The summed E-state index contributed by atoms with van der Waals surface area (Å²) in [5, 5.41) is 7.07. The Morgan fingerprint density at radius 1 is 1.37 bits per heavy atom. The third kappa shape index (κ3) is 2.04. The van der Waals surface area contributed by atoms with E-state index in [0.29, 0.717) is 5.82 Å². The van der Waals surface area contributed by atoms with Crippen molar-refractivity contribution in [2.24, 2.45) is 7.05 Å². The second kappa shape index (κ2) is 4.55. The van der Waals surface area contributed by atoms with Crippen molar-refractivity contribution in [3.05, 3.63) is 41.1 Å². The van der Waals surface area contributed by atoms with Crippen molar-refractivity contribution in [3.63, 3.8) is 0 Å². The Morgan fingerprint density at radius 2 is 2.21 bits per heavy atom. The molecule has 0 aliphatic heterocycles. The number of H-pyrrole nitrogens is 1. The Balaban J connectivity index is 2.22. The fourth-order valence-corrected chi connectivity index (χ4v) is 2.46. The highest BCUT2D eigenvalue weighted by atomic mass is 79.9. The van der Waals surface area contributed by atoms with E-state index in [1.165, 1.54) is 0 Å². The fraction of sp³-hybridized carbons (Fsp3) is 0.0769. The Bertz CT molecular complexity index is 728. The van der Waals surface area contributed by atoms with Crippen molar-refractivity contribution < 1.29 is 0 Å². The van der Waals surface area contributed by atoms with Crippen molar-refractivity contribution in [2.75, 3.05) is 5.73 Å². The molecule has 0 aliphatic carbocycles. The monoisotopic (exact) mass is 317 g/mol. The van der Waals surface area contributed by atoms with Gasteiger partial charge in [-0.1, -0.05) is 28.1 Å². The number of nitrogens with two attached hydrogens (primary N) is 1. The van der Waals surface area contributed by atoms with E-state index in [0.717, 1.165) is 27.1 Å². The van der Waals surface area contributed by atoms with Crippen LogP contribution in [0.1, 0.15) is 0 Å². The number of aromatic amines is 1. The molecular weight excluding hydrogens is 306 g/mol. The van der Waals surface area contributed by atoms with Gasteiger partial charge in [-0.25, -0.2) is 4.98 Å². The highest BCUT2D eigenvalue weighted by Crippen LogP contribution is 2.34. The summed E-state index contributed by atoms with van der Waals surface area (Å²) in [6.07, 6.45) is 3.63. The molecule has 3 aromatic rings. The van der Waals surface area contributed by atoms with Crippen LogP contribution >= 0.6 is 15.9 Å². The minimum Gasteiger partial charge on any atom is -0.382 e. The first-order valence-electron chi connectivity index (χ1n) is 5.74. The molecule has 0 saturated heterocycles. The Hall–Kier alpha value is -2.08. The summed E-state index contributed by atoms with van der Waals surface area (Å²) >= 11 is 3.47. The number of rotatable bonds is 2. The Labute approximate surface area is 118 Å². The van der Waals surface area contributed by atoms with Crippen molar-refractivity contribution in [1.82, 2.24) is 19.7 Å². The van der Waals surface area contributed by atoms with Gasteiger partial charge in [-0.2, -0.15) is 5.10 Å². The van der Waals surface area contributed by atoms with Crippen LogP contribution < -0.4 is 5.73 Å². The van der Waals surface area contributed by atoms with Crippen LogP contribution in [0.2, 0.25) is 0 Å². The van der Waals surface area contributed by atoms with Gasteiger partial charge in [-0.15, -0.1) is 0 Å². The highest BCUT2D eigenvalue weighted by Gasteiger charge is 2.17. The molecule has 2 heterocycles. The standard InChI is InChI=1S/C13H12BrN5/c1-19-6-5-16-13(19)11-10(12(15)18-17-11)8-3-2-4-9(14)7-8/h2-7H,1H3,(H3,15,17,18). The summed E-state index contributed by atoms with van der Waals surface area (Å²) in [7, 11) is 1.93. The van der Waals surface area contributed by atoms with Crippen molar-refractivity contribution in [2.45, 2.75) is 0 Å². The first kappa shape index (κ1) is 12.0. The Morgan fingerprint density at radius 3 is 2.89 bits per heavy atom.